The van der Waals surface area contributed by atoms with Gasteiger partial charge in [0.2, 0.25) is 5.91 Å². The van der Waals surface area contributed by atoms with Gasteiger partial charge >= 0.3 is 0 Å². The lowest BCUT2D eigenvalue weighted by molar-refractivity contribution is -0.134. The first-order chi connectivity index (χ1) is 16.5. The Balaban J connectivity index is 1.43. The van der Waals surface area contributed by atoms with Crippen LogP contribution >= 0.6 is 0 Å². The fourth-order valence-electron chi connectivity index (χ4n) is 4.89. The van der Waals surface area contributed by atoms with E-state index >= 15 is 0 Å². The van der Waals surface area contributed by atoms with Gasteiger partial charge in [0, 0.05) is 31.6 Å². The molecule has 0 spiro atoms. The number of hydrogen-bond acceptors (Lipinski definition) is 5. The normalized spacial score (nSPS) is 15.1. The fraction of sp³-hybridized carbons (Fsp3) is 0.444. The second-order valence-electron chi connectivity index (χ2n) is 8.82. The molecule has 0 saturated carbocycles. The Labute approximate surface area is 200 Å². The predicted octanol–water partition coefficient (Wildman–Crippen LogP) is 3.99. The van der Waals surface area contributed by atoms with Crippen molar-refractivity contribution in [3.8, 4) is 11.5 Å². The number of aromatic nitrogens is 2. The number of amides is 1. The number of hydrogen-bond donors (Lipinski definition) is 0. The maximum atomic E-state index is 13.2. The average molecular weight is 464 g/mol. The van der Waals surface area contributed by atoms with Crippen LogP contribution in [0.15, 0.2) is 47.5 Å². The standard InChI is InChI=1S/C27H33N3O4/c1-4-13-30(21-12-11-19-8-5-6-9-20(19)15-21)26(31)10-7-14-29-18-28-23-17-25(34-3)24(33-2)16-22(23)27(29)32/h5-6,8-9,16-18,21H,4,7,10-15H2,1-3H3. The number of fused-ring (bicyclic) bond motifs is 2. The summed E-state index contributed by atoms with van der Waals surface area (Å²) in [5, 5.41) is 0.472. The molecule has 0 radical (unpaired) electrons. The Morgan fingerprint density at radius 2 is 1.88 bits per heavy atom. The third kappa shape index (κ3) is 4.93. The van der Waals surface area contributed by atoms with Gasteiger partial charge in [0.15, 0.2) is 11.5 Å². The number of benzene rings is 2. The van der Waals surface area contributed by atoms with Crippen LogP contribution in [0.4, 0.5) is 0 Å². The Morgan fingerprint density at radius 3 is 2.62 bits per heavy atom. The average Bonchev–Trinajstić information content (AvgIpc) is 2.87. The minimum absolute atomic E-state index is 0.146. The van der Waals surface area contributed by atoms with Crippen LogP contribution in [-0.2, 0) is 24.2 Å². The molecule has 7 heteroatoms. The number of methoxy groups -OCH3 is 2. The molecule has 1 heterocycles. The molecule has 1 amide bonds. The molecule has 1 unspecified atom stereocenters. The van der Waals surface area contributed by atoms with Crippen molar-refractivity contribution in [3.05, 3.63) is 64.2 Å². The molecule has 1 aromatic heterocycles. The van der Waals surface area contributed by atoms with Gasteiger partial charge in [0.25, 0.3) is 5.56 Å². The Kier molecular flexibility index (Phi) is 7.50. The second kappa shape index (κ2) is 10.7. The van der Waals surface area contributed by atoms with Gasteiger partial charge in [-0.05, 0) is 49.3 Å². The lowest BCUT2D eigenvalue weighted by Crippen LogP contribution is -2.44. The summed E-state index contributed by atoms with van der Waals surface area (Å²) in [5.74, 6) is 1.19. The van der Waals surface area contributed by atoms with Crippen molar-refractivity contribution >= 4 is 16.8 Å². The van der Waals surface area contributed by atoms with Crippen LogP contribution in [0.5, 0.6) is 11.5 Å². The lowest BCUT2D eigenvalue weighted by atomic mass is 9.87. The van der Waals surface area contributed by atoms with E-state index in [4.69, 9.17) is 9.47 Å². The van der Waals surface area contributed by atoms with Crippen LogP contribution in [-0.4, -0.2) is 47.2 Å². The third-order valence-electron chi connectivity index (χ3n) is 6.67. The first-order valence-corrected chi connectivity index (χ1v) is 12.0. The molecular formula is C27H33N3O4. The van der Waals surface area contributed by atoms with Crippen LogP contribution in [0, 0.1) is 0 Å². The van der Waals surface area contributed by atoms with E-state index in [1.165, 1.54) is 18.2 Å². The van der Waals surface area contributed by atoms with E-state index in [9.17, 15) is 9.59 Å². The third-order valence-corrected chi connectivity index (χ3v) is 6.67. The van der Waals surface area contributed by atoms with Gasteiger partial charge in [-0.2, -0.15) is 0 Å². The van der Waals surface area contributed by atoms with E-state index in [-0.39, 0.29) is 17.5 Å². The second-order valence-corrected chi connectivity index (χ2v) is 8.82. The first kappa shape index (κ1) is 23.8. The zero-order valence-electron chi connectivity index (χ0n) is 20.3. The molecule has 180 valence electrons. The lowest BCUT2D eigenvalue weighted by Gasteiger charge is -2.35. The summed E-state index contributed by atoms with van der Waals surface area (Å²) in [6.45, 7) is 3.32. The van der Waals surface area contributed by atoms with E-state index in [2.05, 4.69) is 41.1 Å². The number of carbonyl (C=O) groups is 1. The molecule has 7 nitrogen and oxygen atoms in total. The van der Waals surface area contributed by atoms with Gasteiger partial charge in [0.05, 0.1) is 31.4 Å². The summed E-state index contributed by atoms with van der Waals surface area (Å²) in [6.07, 6.45) is 6.41. The fourth-order valence-corrected chi connectivity index (χ4v) is 4.89. The summed E-state index contributed by atoms with van der Waals surface area (Å²) in [5.41, 5.74) is 3.17. The van der Waals surface area contributed by atoms with Gasteiger partial charge in [-0.3, -0.25) is 14.2 Å². The molecule has 0 bridgehead atoms. The molecule has 3 aromatic rings. The Morgan fingerprint density at radius 1 is 1.15 bits per heavy atom. The summed E-state index contributed by atoms with van der Waals surface area (Å²) in [6, 6.07) is 12.1. The molecule has 1 aliphatic rings. The predicted molar refractivity (Wildman–Crippen MR) is 133 cm³/mol. The highest BCUT2D eigenvalue weighted by Gasteiger charge is 2.26. The molecular weight excluding hydrogens is 430 g/mol. The minimum atomic E-state index is -0.146. The van der Waals surface area contributed by atoms with Crippen LogP contribution in [0.1, 0.15) is 43.7 Å². The van der Waals surface area contributed by atoms with Gasteiger partial charge in [-0.15, -0.1) is 0 Å². The summed E-state index contributed by atoms with van der Waals surface area (Å²) >= 11 is 0. The number of carbonyl (C=O) groups excluding carboxylic acids is 1. The van der Waals surface area contributed by atoms with Crippen molar-refractivity contribution in [2.45, 2.75) is 58.0 Å². The van der Waals surface area contributed by atoms with E-state index in [1.54, 1.807) is 30.1 Å². The topological polar surface area (TPSA) is 73.7 Å². The van der Waals surface area contributed by atoms with Crippen LogP contribution < -0.4 is 15.0 Å². The molecule has 2 aromatic carbocycles. The van der Waals surface area contributed by atoms with Crippen molar-refractivity contribution in [1.82, 2.24) is 14.5 Å². The minimum Gasteiger partial charge on any atom is -0.493 e. The Bertz CT molecular complexity index is 1220. The van der Waals surface area contributed by atoms with Crippen molar-refractivity contribution in [1.29, 1.82) is 0 Å². The van der Waals surface area contributed by atoms with Gasteiger partial charge in [-0.25, -0.2) is 4.98 Å². The smallest absolute Gasteiger partial charge is 0.261 e. The maximum absolute atomic E-state index is 13.2. The number of rotatable bonds is 9. The highest BCUT2D eigenvalue weighted by atomic mass is 16.5. The maximum Gasteiger partial charge on any atom is 0.261 e. The largest absolute Gasteiger partial charge is 0.493 e. The number of aryl methyl sites for hydroxylation is 2. The van der Waals surface area contributed by atoms with Gasteiger partial charge in [-0.1, -0.05) is 31.2 Å². The quantitative estimate of drug-likeness (QED) is 0.480. The zero-order valence-corrected chi connectivity index (χ0v) is 20.3. The Hall–Kier alpha value is -3.35. The highest BCUT2D eigenvalue weighted by molar-refractivity contribution is 5.81. The van der Waals surface area contributed by atoms with Crippen LogP contribution in [0.3, 0.4) is 0 Å². The van der Waals surface area contributed by atoms with E-state index in [1.807, 2.05) is 0 Å². The van der Waals surface area contributed by atoms with Crippen molar-refractivity contribution in [3.63, 3.8) is 0 Å². The van der Waals surface area contributed by atoms with E-state index < -0.39 is 0 Å². The molecule has 0 N–H and O–H groups in total. The van der Waals surface area contributed by atoms with Gasteiger partial charge < -0.3 is 14.4 Å². The van der Waals surface area contributed by atoms with Crippen LogP contribution in [0.2, 0.25) is 0 Å². The SMILES string of the molecule is CCCN(C(=O)CCCn1cnc2cc(OC)c(OC)cc2c1=O)C1CCc2ccccc2C1. The first-order valence-electron chi connectivity index (χ1n) is 12.0. The summed E-state index contributed by atoms with van der Waals surface area (Å²) < 4.78 is 12.2. The van der Waals surface area contributed by atoms with E-state index in [0.29, 0.717) is 41.8 Å². The number of ether oxygens (including phenoxy) is 2. The van der Waals surface area contributed by atoms with Crippen molar-refractivity contribution in [2.24, 2.45) is 0 Å². The molecule has 1 atom stereocenters. The number of nitrogens with zero attached hydrogens (tertiary/aromatic N) is 3. The summed E-state index contributed by atoms with van der Waals surface area (Å²) in [4.78, 5) is 32.7. The molecule has 4 rings (SSSR count). The summed E-state index contributed by atoms with van der Waals surface area (Å²) in [7, 11) is 3.09. The molecule has 0 saturated heterocycles. The van der Waals surface area contributed by atoms with Crippen LogP contribution in [0.25, 0.3) is 10.9 Å². The molecule has 0 fully saturated rings. The molecule has 1 aliphatic carbocycles. The van der Waals surface area contributed by atoms with E-state index in [0.717, 1.165) is 32.2 Å². The monoisotopic (exact) mass is 463 g/mol. The molecule has 34 heavy (non-hydrogen) atoms. The van der Waals surface area contributed by atoms with Gasteiger partial charge in [0.1, 0.15) is 0 Å². The van der Waals surface area contributed by atoms with Crippen molar-refractivity contribution in [2.75, 3.05) is 20.8 Å². The highest BCUT2D eigenvalue weighted by Crippen LogP contribution is 2.30. The van der Waals surface area contributed by atoms with Crippen molar-refractivity contribution < 1.29 is 14.3 Å². The zero-order chi connectivity index (χ0) is 24.1. The molecule has 0 aliphatic heterocycles.